The first-order valence-electron chi connectivity index (χ1n) is 4.36. The lowest BCUT2D eigenvalue weighted by atomic mass is 10.1. The molecule has 1 radical (unpaired) electrons. The third kappa shape index (κ3) is 6.10. The maximum atomic E-state index is 10.8. The molecule has 1 aromatic rings. The summed E-state index contributed by atoms with van der Waals surface area (Å²) < 4.78 is 0. The molecule has 1 N–H and O–H groups in total. The summed E-state index contributed by atoms with van der Waals surface area (Å²) in [6.45, 7) is 0. The Bertz CT molecular complexity index is 432. The van der Waals surface area contributed by atoms with Gasteiger partial charge in [0.2, 0.25) is 0 Å². The van der Waals surface area contributed by atoms with Crippen LogP contribution in [-0.4, -0.2) is 29.0 Å². The van der Waals surface area contributed by atoms with Crippen LogP contribution in [0.15, 0.2) is 35.9 Å². The molecule has 0 heterocycles. The highest BCUT2D eigenvalue weighted by Crippen LogP contribution is 2.19. The number of carbonyl (C=O) groups excluding carboxylic acids is 2. The molecule has 0 bridgehead atoms. The summed E-state index contributed by atoms with van der Waals surface area (Å²) in [6, 6.07) is 8.05. The lowest BCUT2D eigenvalue weighted by Crippen LogP contribution is -2.05. The first kappa shape index (κ1) is 17.8. The van der Waals surface area contributed by atoms with Crippen LogP contribution >= 0.6 is 43.3 Å². The van der Waals surface area contributed by atoms with Crippen molar-refractivity contribution in [2.45, 2.75) is 0 Å². The van der Waals surface area contributed by atoms with Crippen molar-refractivity contribution >= 4 is 72.9 Å². The second kappa shape index (κ2) is 9.69. The van der Waals surface area contributed by atoms with Crippen LogP contribution in [0, 0.1) is 0 Å². The van der Waals surface area contributed by atoms with E-state index in [2.05, 4.69) is 0 Å². The van der Waals surface area contributed by atoms with Gasteiger partial charge in [0.15, 0.2) is 0 Å². The summed E-state index contributed by atoms with van der Waals surface area (Å²) in [6.07, 6.45) is 0. The zero-order valence-corrected chi connectivity index (χ0v) is 12.9. The molecule has 0 aliphatic carbocycles. The van der Waals surface area contributed by atoms with Gasteiger partial charge in [-0.2, -0.15) is 0 Å². The van der Waals surface area contributed by atoms with Crippen LogP contribution in [0.1, 0.15) is 5.56 Å². The number of allylic oxidation sites excluding steroid dienone is 1. The van der Waals surface area contributed by atoms with E-state index in [1.54, 1.807) is 18.2 Å². The number of aliphatic hydroxyl groups excluding tert-OH is 1. The molecule has 1 aromatic carbocycles. The molecular formula is C10H6AlCl4O3. The van der Waals surface area contributed by atoms with Crippen molar-refractivity contribution in [3.05, 3.63) is 41.5 Å². The van der Waals surface area contributed by atoms with E-state index in [1.165, 1.54) is 12.1 Å². The molecule has 0 fully saturated rings. The van der Waals surface area contributed by atoms with Crippen LogP contribution in [0.5, 0.6) is 0 Å². The van der Waals surface area contributed by atoms with Crippen molar-refractivity contribution in [1.82, 2.24) is 0 Å². The van der Waals surface area contributed by atoms with Crippen LogP contribution in [0.4, 0.5) is 0 Å². The quantitative estimate of drug-likeness (QED) is 0.228. The van der Waals surface area contributed by atoms with Crippen LogP contribution < -0.4 is 0 Å². The number of hydrogen-bond acceptors (Lipinski definition) is 3. The van der Waals surface area contributed by atoms with Crippen molar-refractivity contribution in [3.63, 3.8) is 0 Å². The normalized spacial score (nSPS) is 8.67. The molecule has 8 heteroatoms. The highest BCUT2D eigenvalue weighted by atomic mass is 35.7. The fourth-order valence-electron chi connectivity index (χ4n) is 1.00. The molecule has 0 amide bonds. The van der Waals surface area contributed by atoms with Gasteiger partial charge in [0.1, 0.15) is 11.3 Å². The van der Waals surface area contributed by atoms with E-state index in [0.29, 0.717) is 5.56 Å². The second-order valence-corrected chi connectivity index (χ2v) is 5.55. The Kier molecular flexibility index (Phi) is 9.58. The molecule has 0 saturated carbocycles. The Morgan fingerprint density at radius 2 is 1.39 bits per heavy atom. The maximum absolute atomic E-state index is 10.8. The highest BCUT2D eigenvalue weighted by Gasteiger charge is 2.20. The van der Waals surface area contributed by atoms with E-state index in [-0.39, 0.29) is 13.4 Å². The zero-order chi connectivity index (χ0) is 14.1. The topological polar surface area (TPSA) is 54.4 Å². The van der Waals surface area contributed by atoms with E-state index in [9.17, 15) is 14.7 Å². The van der Waals surface area contributed by atoms with Crippen LogP contribution in [0.25, 0.3) is 5.76 Å². The highest BCUT2D eigenvalue weighted by molar-refractivity contribution is 7.22. The van der Waals surface area contributed by atoms with Crippen molar-refractivity contribution in [2.75, 3.05) is 0 Å². The molecule has 18 heavy (non-hydrogen) atoms. The van der Waals surface area contributed by atoms with Gasteiger partial charge in [0.25, 0.3) is 10.5 Å². The predicted molar refractivity (Wildman–Crippen MR) is 75.2 cm³/mol. The summed E-state index contributed by atoms with van der Waals surface area (Å²) in [5.74, 6) is -0.518. The zero-order valence-electron chi connectivity index (χ0n) is 8.74. The SMILES string of the molecule is O=C(Cl)C(C(=O)Cl)=C(O)c1ccccc1.[Cl][Al][Cl]. The van der Waals surface area contributed by atoms with Gasteiger partial charge >= 0.3 is 13.4 Å². The fraction of sp³-hybridized carbons (Fsp3) is 0. The fourth-order valence-corrected chi connectivity index (χ4v) is 1.40. The van der Waals surface area contributed by atoms with Gasteiger partial charge in [-0.05, 0) is 23.2 Å². The molecule has 0 aliphatic heterocycles. The van der Waals surface area contributed by atoms with E-state index in [0.717, 1.165) is 0 Å². The van der Waals surface area contributed by atoms with Gasteiger partial charge in [0.05, 0.1) is 0 Å². The Morgan fingerprint density at radius 1 is 1.00 bits per heavy atom. The molecule has 1 rings (SSSR count). The third-order valence-electron chi connectivity index (χ3n) is 1.68. The molecule has 0 aromatic heterocycles. The predicted octanol–water partition coefficient (Wildman–Crippen LogP) is 3.48. The average molecular weight is 343 g/mol. The molecule has 0 unspecified atom stereocenters. The molecule has 0 spiro atoms. The van der Waals surface area contributed by atoms with Crippen molar-refractivity contribution in [3.8, 4) is 0 Å². The number of hydrogen-bond donors (Lipinski definition) is 1. The molecule has 0 saturated heterocycles. The third-order valence-corrected chi connectivity index (χ3v) is 2.06. The molecule has 0 atom stereocenters. The smallest absolute Gasteiger partial charge is 0.495 e. The van der Waals surface area contributed by atoms with Crippen LogP contribution in [0.2, 0.25) is 0 Å². The number of carbonyl (C=O) groups is 2. The van der Waals surface area contributed by atoms with Gasteiger partial charge < -0.3 is 5.11 Å². The van der Waals surface area contributed by atoms with Gasteiger partial charge in [-0.25, -0.2) is 20.1 Å². The summed E-state index contributed by atoms with van der Waals surface area (Å²) in [4.78, 5) is 21.7. The summed E-state index contributed by atoms with van der Waals surface area (Å²) in [5.41, 5.74) is -0.319. The molecule has 0 aliphatic rings. The van der Waals surface area contributed by atoms with E-state index < -0.39 is 21.8 Å². The number of rotatable bonds is 3. The monoisotopic (exact) mass is 341 g/mol. The molecule has 95 valence electrons. The minimum Gasteiger partial charge on any atom is -0.506 e. The summed E-state index contributed by atoms with van der Waals surface area (Å²) in [7, 11) is 9.69. The van der Waals surface area contributed by atoms with Crippen molar-refractivity contribution < 1.29 is 14.7 Å². The number of aliphatic hydroxyl groups is 1. The Balaban J connectivity index is 0.000000873. The molecular weight excluding hydrogens is 337 g/mol. The van der Waals surface area contributed by atoms with E-state index in [4.69, 9.17) is 43.3 Å². The lowest BCUT2D eigenvalue weighted by Gasteiger charge is -2.02. The van der Waals surface area contributed by atoms with Gasteiger partial charge in [0, 0.05) is 5.56 Å². The maximum Gasteiger partial charge on any atom is 0.495 e. The van der Waals surface area contributed by atoms with Crippen LogP contribution in [-0.2, 0) is 9.59 Å². The van der Waals surface area contributed by atoms with Crippen LogP contribution in [0.3, 0.4) is 0 Å². The summed E-state index contributed by atoms with van der Waals surface area (Å²) >= 11 is 9.94. The second-order valence-electron chi connectivity index (χ2n) is 2.72. The van der Waals surface area contributed by atoms with Crippen molar-refractivity contribution in [1.29, 1.82) is 0 Å². The first-order chi connectivity index (χ1) is 8.45. The first-order valence-corrected chi connectivity index (χ1v) is 8.60. The Morgan fingerprint density at radius 3 is 1.72 bits per heavy atom. The average Bonchev–Trinajstić information content (AvgIpc) is 2.30. The van der Waals surface area contributed by atoms with Crippen molar-refractivity contribution in [2.24, 2.45) is 0 Å². The van der Waals surface area contributed by atoms with Gasteiger partial charge in [-0.1, -0.05) is 30.3 Å². The minimum absolute atomic E-state index is 0.301. The van der Waals surface area contributed by atoms with Gasteiger partial charge in [-0.3, -0.25) is 9.59 Å². The Hall–Kier alpha value is -0.208. The standard InChI is InChI=1S/C10H6Cl2O3.Al.2ClH/c11-9(14)7(10(12)15)8(13)6-4-2-1-3-5-6;;;/h1-5,13H;;2*1H/q;+2;;/p-2. The lowest BCUT2D eigenvalue weighted by molar-refractivity contribution is -0.113. The van der Waals surface area contributed by atoms with E-state index >= 15 is 0 Å². The van der Waals surface area contributed by atoms with E-state index in [1.807, 2.05) is 0 Å². The largest absolute Gasteiger partial charge is 0.506 e. The summed E-state index contributed by atoms with van der Waals surface area (Å²) in [5, 5.41) is 7.42. The number of benzene rings is 1. The molecule has 3 nitrogen and oxygen atoms in total. The van der Waals surface area contributed by atoms with Gasteiger partial charge in [-0.15, -0.1) is 0 Å². The minimum atomic E-state index is -1.09. The number of halogens is 4. The Labute approximate surface area is 128 Å².